The standard InChI is InChI=1S/C11H13BrO3/c1-11(2,10(14)15)9(13)7-3-5-8(12)6-4-7/h3-6,9,13H,1-2H3,(H,14,15). The summed E-state index contributed by atoms with van der Waals surface area (Å²) in [7, 11) is 0. The van der Waals surface area contributed by atoms with Gasteiger partial charge in [0.05, 0.1) is 11.5 Å². The van der Waals surface area contributed by atoms with Crippen LogP contribution in [0.2, 0.25) is 0 Å². The zero-order valence-electron chi connectivity index (χ0n) is 8.57. The Morgan fingerprint density at radius 3 is 2.20 bits per heavy atom. The highest BCUT2D eigenvalue weighted by Gasteiger charge is 2.36. The van der Waals surface area contributed by atoms with Crippen molar-refractivity contribution >= 4 is 21.9 Å². The number of carboxylic acid groups (broad SMARTS) is 1. The predicted molar refractivity (Wildman–Crippen MR) is 60.5 cm³/mol. The van der Waals surface area contributed by atoms with Crippen molar-refractivity contribution in [1.29, 1.82) is 0 Å². The van der Waals surface area contributed by atoms with Gasteiger partial charge in [0.2, 0.25) is 0 Å². The summed E-state index contributed by atoms with van der Waals surface area (Å²) in [5, 5.41) is 18.9. The van der Waals surface area contributed by atoms with E-state index in [0.29, 0.717) is 5.56 Å². The predicted octanol–water partition coefficient (Wildman–Crippen LogP) is 2.59. The molecule has 3 nitrogen and oxygen atoms in total. The maximum absolute atomic E-state index is 10.9. The van der Waals surface area contributed by atoms with Crippen LogP contribution in [0.4, 0.5) is 0 Å². The van der Waals surface area contributed by atoms with Gasteiger partial charge in [0, 0.05) is 4.47 Å². The van der Waals surface area contributed by atoms with Crippen LogP contribution in [0.25, 0.3) is 0 Å². The number of benzene rings is 1. The van der Waals surface area contributed by atoms with Gasteiger partial charge in [0.1, 0.15) is 0 Å². The number of aliphatic carboxylic acids is 1. The largest absolute Gasteiger partial charge is 0.481 e. The molecule has 0 amide bonds. The highest BCUT2D eigenvalue weighted by Crippen LogP contribution is 2.33. The first kappa shape index (κ1) is 12.2. The number of carboxylic acids is 1. The average Bonchev–Trinajstić information content (AvgIpc) is 2.17. The van der Waals surface area contributed by atoms with Gasteiger partial charge in [-0.3, -0.25) is 4.79 Å². The van der Waals surface area contributed by atoms with Crippen LogP contribution in [0, 0.1) is 5.41 Å². The third-order valence-corrected chi connectivity index (χ3v) is 2.95. The molecule has 1 atom stereocenters. The molecule has 0 aliphatic heterocycles. The number of halogens is 1. The summed E-state index contributed by atoms with van der Waals surface area (Å²) in [5.74, 6) is -1.02. The van der Waals surface area contributed by atoms with E-state index in [1.165, 1.54) is 13.8 Å². The van der Waals surface area contributed by atoms with Crippen molar-refractivity contribution in [1.82, 2.24) is 0 Å². The summed E-state index contributed by atoms with van der Waals surface area (Å²) in [6.45, 7) is 3.00. The normalized spacial score (nSPS) is 13.6. The second-order valence-electron chi connectivity index (χ2n) is 3.98. The van der Waals surface area contributed by atoms with E-state index < -0.39 is 17.5 Å². The maximum atomic E-state index is 10.9. The van der Waals surface area contributed by atoms with Gasteiger partial charge in [0.15, 0.2) is 0 Å². The van der Waals surface area contributed by atoms with E-state index in [4.69, 9.17) is 5.11 Å². The minimum absolute atomic E-state index is 0.602. The van der Waals surface area contributed by atoms with Crippen LogP contribution in [0.15, 0.2) is 28.7 Å². The van der Waals surface area contributed by atoms with Crippen LogP contribution in [0.1, 0.15) is 25.5 Å². The van der Waals surface area contributed by atoms with Crippen LogP contribution in [0.5, 0.6) is 0 Å². The first-order valence-electron chi connectivity index (χ1n) is 4.52. The molecule has 1 rings (SSSR count). The summed E-state index contributed by atoms with van der Waals surface area (Å²) in [5.41, 5.74) is -0.584. The first-order valence-corrected chi connectivity index (χ1v) is 5.32. The maximum Gasteiger partial charge on any atom is 0.312 e. The molecule has 0 aliphatic rings. The molecule has 1 aromatic rings. The molecule has 2 N–H and O–H groups in total. The summed E-state index contributed by atoms with van der Waals surface area (Å²) in [6, 6.07) is 6.96. The fourth-order valence-electron chi connectivity index (χ4n) is 1.18. The Balaban J connectivity index is 2.99. The van der Waals surface area contributed by atoms with E-state index in [2.05, 4.69) is 15.9 Å². The van der Waals surface area contributed by atoms with Crippen molar-refractivity contribution in [2.24, 2.45) is 5.41 Å². The first-order chi connectivity index (χ1) is 6.85. The molecule has 0 radical (unpaired) electrons. The summed E-state index contributed by atoms with van der Waals surface area (Å²) >= 11 is 3.28. The summed E-state index contributed by atoms with van der Waals surface area (Å²) in [6.07, 6.45) is -1.01. The van der Waals surface area contributed by atoms with Gasteiger partial charge in [0.25, 0.3) is 0 Å². The zero-order chi connectivity index (χ0) is 11.6. The smallest absolute Gasteiger partial charge is 0.312 e. The number of rotatable bonds is 3. The van der Waals surface area contributed by atoms with Gasteiger partial charge in [-0.1, -0.05) is 28.1 Å². The van der Waals surface area contributed by atoms with Crippen molar-refractivity contribution in [3.05, 3.63) is 34.3 Å². The molecule has 0 bridgehead atoms. The fourth-order valence-corrected chi connectivity index (χ4v) is 1.44. The molecule has 0 saturated heterocycles. The van der Waals surface area contributed by atoms with Gasteiger partial charge < -0.3 is 10.2 Å². The van der Waals surface area contributed by atoms with Crippen LogP contribution in [-0.2, 0) is 4.79 Å². The molecule has 1 unspecified atom stereocenters. The van der Waals surface area contributed by atoms with Crippen LogP contribution >= 0.6 is 15.9 Å². The van der Waals surface area contributed by atoms with Crippen molar-refractivity contribution in [3.63, 3.8) is 0 Å². The minimum atomic E-state index is -1.19. The number of hydrogen-bond donors (Lipinski definition) is 2. The van der Waals surface area contributed by atoms with Crippen molar-refractivity contribution in [3.8, 4) is 0 Å². The van der Waals surface area contributed by atoms with E-state index in [0.717, 1.165) is 4.47 Å². The van der Waals surface area contributed by atoms with Gasteiger partial charge in [-0.2, -0.15) is 0 Å². The molecule has 0 aliphatic carbocycles. The Morgan fingerprint density at radius 2 is 1.80 bits per heavy atom. The third kappa shape index (κ3) is 2.58. The quantitative estimate of drug-likeness (QED) is 0.889. The monoisotopic (exact) mass is 272 g/mol. The molecule has 0 heterocycles. The lowest BCUT2D eigenvalue weighted by atomic mass is 9.83. The number of hydrogen-bond acceptors (Lipinski definition) is 2. The van der Waals surface area contributed by atoms with Gasteiger partial charge >= 0.3 is 5.97 Å². The van der Waals surface area contributed by atoms with E-state index >= 15 is 0 Å². The molecule has 1 aromatic carbocycles. The van der Waals surface area contributed by atoms with E-state index in [-0.39, 0.29) is 0 Å². The highest BCUT2D eigenvalue weighted by molar-refractivity contribution is 9.10. The number of aliphatic hydroxyl groups excluding tert-OH is 1. The Bertz CT molecular complexity index is 357. The Hall–Kier alpha value is -0.870. The van der Waals surface area contributed by atoms with Crippen LogP contribution in [0.3, 0.4) is 0 Å². The van der Waals surface area contributed by atoms with Crippen LogP contribution in [-0.4, -0.2) is 16.2 Å². The summed E-state index contributed by atoms with van der Waals surface area (Å²) < 4.78 is 0.895. The third-order valence-electron chi connectivity index (χ3n) is 2.42. The van der Waals surface area contributed by atoms with E-state index in [1.54, 1.807) is 24.3 Å². The second-order valence-corrected chi connectivity index (χ2v) is 4.90. The lowest BCUT2D eigenvalue weighted by molar-refractivity contribution is -0.153. The molecule has 15 heavy (non-hydrogen) atoms. The molecule has 82 valence electrons. The lowest BCUT2D eigenvalue weighted by Gasteiger charge is -2.26. The SMILES string of the molecule is CC(C)(C(=O)O)C(O)c1ccc(Br)cc1. The van der Waals surface area contributed by atoms with Gasteiger partial charge in [-0.15, -0.1) is 0 Å². The highest BCUT2D eigenvalue weighted by atomic mass is 79.9. The second kappa shape index (κ2) is 4.33. The molecule has 0 fully saturated rings. The molecular formula is C11H13BrO3. The van der Waals surface area contributed by atoms with Gasteiger partial charge in [-0.05, 0) is 31.5 Å². The molecule has 0 aromatic heterocycles. The molecule has 0 saturated carbocycles. The topological polar surface area (TPSA) is 57.5 Å². The van der Waals surface area contributed by atoms with Crippen molar-refractivity contribution < 1.29 is 15.0 Å². The number of carbonyl (C=O) groups is 1. The Kier molecular flexibility index (Phi) is 3.52. The average molecular weight is 273 g/mol. The van der Waals surface area contributed by atoms with Crippen molar-refractivity contribution in [2.45, 2.75) is 20.0 Å². The van der Waals surface area contributed by atoms with Crippen LogP contribution < -0.4 is 0 Å². The van der Waals surface area contributed by atoms with E-state index in [9.17, 15) is 9.90 Å². The number of aliphatic hydroxyl groups is 1. The zero-order valence-corrected chi connectivity index (χ0v) is 10.2. The van der Waals surface area contributed by atoms with Gasteiger partial charge in [-0.25, -0.2) is 0 Å². The fraction of sp³-hybridized carbons (Fsp3) is 0.364. The molecule has 4 heteroatoms. The Labute approximate surface area is 96.9 Å². The van der Waals surface area contributed by atoms with E-state index in [1.807, 2.05) is 0 Å². The molecular weight excluding hydrogens is 260 g/mol. The summed E-state index contributed by atoms with van der Waals surface area (Å²) in [4.78, 5) is 10.9. The lowest BCUT2D eigenvalue weighted by Crippen LogP contribution is -2.31. The molecule has 0 spiro atoms. The Morgan fingerprint density at radius 1 is 1.33 bits per heavy atom. The van der Waals surface area contributed by atoms with Crippen molar-refractivity contribution in [2.75, 3.05) is 0 Å². The minimum Gasteiger partial charge on any atom is -0.481 e.